The number of hydrogen-bond acceptors (Lipinski definition) is 11. The summed E-state index contributed by atoms with van der Waals surface area (Å²) in [5, 5.41) is 47.9. The van der Waals surface area contributed by atoms with Gasteiger partial charge >= 0.3 is 11.9 Å². The Morgan fingerprint density at radius 2 is 1.83 bits per heavy atom. The molecule has 2 aromatic heterocycles. The molecule has 1 atom stereocenters. The lowest BCUT2D eigenvalue weighted by molar-refractivity contribution is -0.687. The van der Waals surface area contributed by atoms with E-state index in [1.54, 1.807) is 30.3 Å². The minimum Gasteiger partial charge on any atom is -0.504 e. The van der Waals surface area contributed by atoms with Gasteiger partial charge in [0, 0.05) is 22.4 Å². The Morgan fingerprint density at radius 3 is 2.43 bits per heavy atom. The highest BCUT2D eigenvalue weighted by molar-refractivity contribution is 7.13. The van der Waals surface area contributed by atoms with Gasteiger partial charge in [-0.25, -0.2) is 19.1 Å². The number of fused-ring (bicyclic) bond motifs is 1. The number of benzene rings is 2. The van der Waals surface area contributed by atoms with Gasteiger partial charge in [-0.15, -0.1) is 11.3 Å². The van der Waals surface area contributed by atoms with Gasteiger partial charge < -0.3 is 41.2 Å². The van der Waals surface area contributed by atoms with Crippen molar-refractivity contribution in [1.82, 2.24) is 15.2 Å². The number of anilines is 1. The number of aliphatic carboxylic acids is 2. The minimum absolute atomic E-state index is 0.00276. The molecular weight excluding hydrogens is 632 g/mol. The number of thiazole rings is 1. The lowest BCUT2D eigenvalue weighted by Gasteiger charge is -2.38. The van der Waals surface area contributed by atoms with Gasteiger partial charge in [-0.05, 0) is 43.0 Å². The fraction of sp³-hybridized carbons (Fsp3) is 0.194. The number of carbonyl (C=O) groups is 4. The van der Waals surface area contributed by atoms with E-state index in [0.29, 0.717) is 12.1 Å². The van der Waals surface area contributed by atoms with Crippen LogP contribution < -0.4 is 15.6 Å². The van der Waals surface area contributed by atoms with Gasteiger partial charge in [0.15, 0.2) is 41.3 Å². The molecule has 1 aliphatic heterocycles. The van der Waals surface area contributed by atoms with Crippen molar-refractivity contribution in [2.24, 2.45) is 5.16 Å². The molecular formula is C31H29N6O9S+. The molecule has 0 radical (unpaired) electrons. The summed E-state index contributed by atoms with van der Waals surface area (Å²) in [6.45, 7) is 2.78. The van der Waals surface area contributed by atoms with Gasteiger partial charge in [0.05, 0.1) is 6.54 Å². The van der Waals surface area contributed by atoms with Crippen LogP contribution in [-0.4, -0.2) is 78.0 Å². The Labute approximate surface area is 270 Å². The Bertz CT molecular complexity index is 1970. The average molecular weight is 662 g/mol. The number of aromatic nitrogens is 2. The zero-order chi connectivity index (χ0) is 34.0. The SMILES string of the molecule is CC(C)(O/N=C(\C(=O)N[C@H]1CN(/C(=C/c2ccc(C[n+]3ccc4cc(O)c(O)cc4c3)cc2)C(=O)O)C1=O)c1csc(N)n1)C(=O)O. The molecule has 16 heteroatoms. The van der Waals surface area contributed by atoms with Crippen molar-refractivity contribution in [2.75, 3.05) is 12.3 Å². The summed E-state index contributed by atoms with van der Waals surface area (Å²) < 4.78 is 1.89. The maximum absolute atomic E-state index is 13.1. The molecule has 47 heavy (non-hydrogen) atoms. The number of rotatable bonds is 11. The van der Waals surface area contributed by atoms with Crippen LogP contribution in [0.2, 0.25) is 0 Å². The summed E-state index contributed by atoms with van der Waals surface area (Å²) in [7, 11) is 0. The molecule has 5 rings (SSSR count). The molecule has 0 saturated carbocycles. The predicted octanol–water partition coefficient (Wildman–Crippen LogP) is 1.66. The van der Waals surface area contributed by atoms with E-state index < -0.39 is 41.1 Å². The molecule has 0 spiro atoms. The van der Waals surface area contributed by atoms with Crippen LogP contribution >= 0.6 is 11.3 Å². The highest BCUT2D eigenvalue weighted by Gasteiger charge is 2.42. The molecule has 15 nitrogen and oxygen atoms in total. The maximum atomic E-state index is 13.1. The van der Waals surface area contributed by atoms with Crippen LogP contribution in [0.15, 0.2) is 71.1 Å². The van der Waals surface area contributed by atoms with E-state index in [-0.39, 0.29) is 34.6 Å². The summed E-state index contributed by atoms with van der Waals surface area (Å²) >= 11 is 1.01. The number of phenolic OH excluding ortho intramolecular Hbond substituents is 2. The molecule has 2 amide bonds. The summed E-state index contributed by atoms with van der Waals surface area (Å²) in [6.07, 6.45) is 4.98. The number of likely N-dealkylation sites (tertiary alicyclic amines) is 1. The van der Waals surface area contributed by atoms with Gasteiger partial charge in [-0.2, -0.15) is 0 Å². The van der Waals surface area contributed by atoms with Crippen molar-refractivity contribution in [2.45, 2.75) is 32.0 Å². The zero-order valence-corrected chi connectivity index (χ0v) is 25.8. The number of carbonyl (C=O) groups excluding carboxylic acids is 2. The molecule has 1 fully saturated rings. The van der Waals surface area contributed by atoms with Gasteiger partial charge in [-0.3, -0.25) is 9.59 Å². The first-order valence-corrected chi connectivity index (χ1v) is 14.8. The maximum Gasteiger partial charge on any atom is 0.352 e. The first kappa shape index (κ1) is 32.4. The molecule has 242 valence electrons. The first-order chi connectivity index (χ1) is 22.2. The summed E-state index contributed by atoms with van der Waals surface area (Å²) in [4.78, 5) is 59.7. The predicted molar refractivity (Wildman–Crippen MR) is 168 cm³/mol. The average Bonchev–Trinajstić information content (AvgIpc) is 3.45. The quantitative estimate of drug-likeness (QED) is 0.0338. The number of aromatic hydroxyl groups is 2. The summed E-state index contributed by atoms with van der Waals surface area (Å²) in [5.74, 6) is -4.69. The number of pyridine rings is 1. The standard InChI is InChI=1S/C31H28N6O9S/c1-31(2,29(44)45)46-35-25(21-15-47-30(32)34-21)26(40)33-20-14-37(27(20)41)22(28(42)43)9-16-3-5-17(6-4-16)12-36-8-7-18-10-23(38)24(39)11-19(18)13-36/h3-11,13,15,20H,12,14H2,1-2H3,(H6,32,33,34,39,40,42,43,44,45)/p+1/b22-9+,35-25-/t20-/m0/s1. The number of nitrogen functional groups attached to an aromatic ring is 1. The number of nitrogens with two attached hydrogens (primary N) is 1. The van der Waals surface area contributed by atoms with Crippen LogP contribution in [-0.2, 0) is 30.6 Å². The second kappa shape index (κ2) is 12.8. The number of nitrogens with zero attached hydrogens (tertiary/aromatic N) is 4. The van der Waals surface area contributed by atoms with Crippen molar-refractivity contribution >= 4 is 62.8 Å². The monoisotopic (exact) mass is 661 g/mol. The Kier molecular flexibility index (Phi) is 8.79. The van der Waals surface area contributed by atoms with Crippen molar-refractivity contribution < 1.29 is 49.0 Å². The van der Waals surface area contributed by atoms with Crippen molar-refractivity contribution in [3.63, 3.8) is 0 Å². The highest BCUT2D eigenvalue weighted by Crippen LogP contribution is 2.29. The van der Waals surface area contributed by atoms with E-state index in [9.17, 15) is 39.6 Å². The topological polar surface area (TPSA) is 229 Å². The number of nitrogens with one attached hydrogen (secondary N) is 1. The third-order valence-electron chi connectivity index (χ3n) is 7.18. The van der Waals surface area contributed by atoms with E-state index in [1.165, 1.54) is 37.4 Å². The zero-order valence-electron chi connectivity index (χ0n) is 24.9. The molecule has 1 saturated heterocycles. The van der Waals surface area contributed by atoms with Crippen molar-refractivity contribution in [1.29, 1.82) is 0 Å². The second-order valence-corrected chi connectivity index (χ2v) is 11.9. The van der Waals surface area contributed by atoms with Crippen molar-refractivity contribution in [3.05, 3.63) is 82.8 Å². The third kappa shape index (κ3) is 7.12. The number of carboxylic acids is 2. The number of hydrogen-bond donors (Lipinski definition) is 6. The Hall–Kier alpha value is -6.03. The van der Waals surface area contributed by atoms with E-state index >= 15 is 0 Å². The molecule has 4 aromatic rings. The number of phenols is 2. The Morgan fingerprint density at radius 1 is 1.15 bits per heavy atom. The largest absolute Gasteiger partial charge is 0.504 e. The minimum atomic E-state index is -1.78. The smallest absolute Gasteiger partial charge is 0.352 e. The Balaban J connectivity index is 1.26. The number of amides is 2. The van der Waals surface area contributed by atoms with E-state index in [0.717, 1.165) is 32.6 Å². The second-order valence-electron chi connectivity index (χ2n) is 11.1. The van der Waals surface area contributed by atoms with Gasteiger partial charge in [0.2, 0.25) is 5.60 Å². The molecule has 3 heterocycles. The van der Waals surface area contributed by atoms with Gasteiger partial charge in [-0.1, -0.05) is 29.4 Å². The molecule has 2 aromatic carbocycles. The van der Waals surface area contributed by atoms with Crippen LogP contribution in [0.3, 0.4) is 0 Å². The van der Waals surface area contributed by atoms with Gasteiger partial charge in [0.25, 0.3) is 11.8 Å². The van der Waals surface area contributed by atoms with E-state index in [4.69, 9.17) is 10.6 Å². The van der Waals surface area contributed by atoms with Gasteiger partial charge in [0.1, 0.15) is 17.4 Å². The number of β-lactam (4-membered cyclic amide) rings is 1. The van der Waals surface area contributed by atoms with Crippen LogP contribution in [0, 0.1) is 0 Å². The normalized spacial score (nSPS) is 15.3. The molecule has 0 unspecified atom stereocenters. The highest BCUT2D eigenvalue weighted by atomic mass is 32.1. The van der Waals surface area contributed by atoms with Crippen LogP contribution in [0.4, 0.5) is 5.13 Å². The first-order valence-electron chi connectivity index (χ1n) is 13.9. The number of carboxylic acid groups (broad SMARTS) is 2. The fourth-order valence-corrected chi connectivity index (χ4v) is 5.03. The van der Waals surface area contributed by atoms with E-state index in [2.05, 4.69) is 15.5 Å². The van der Waals surface area contributed by atoms with E-state index in [1.807, 2.05) is 17.0 Å². The van der Waals surface area contributed by atoms with Crippen molar-refractivity contribution in [3.8, 4) is 11.5 Å². The summed E-state index contributed by atoms with van der Waals surface area (Å²) in [5.41, 5.74) is 4.60. The molecule has 0 aliphatic carbocycles. The molecule has 1 aliphatic rings. The van der Waals surface area contributed by atoms with Crippen LogP contribution in [0.5, 0.6) is 11.5 Å². The fourth-order valence-electron chi connectivity index (χ4n) is 4.48. The summed E-state index contributed by atoms with van der Waals surface area (Å²) in [6, 6.07) is 10.7. The molecule has 7 N–H and O–H groups in total. The van der Waals surface area contributed by atoms with Crippen LogP contribution in [0.1, 0.15) is 30.7 Å². The lowest BCUT2D eigenvalue weighted by Crippen LogP contribution is -2.64. The lowest BCUT2D eigenvalue weighted by atomic mass is 10.0. The third-order valence-corrected chi connectivity index (χ3v) is 7.86. The number of oxime groups is 1. The molecule has 0 bridgehead atoms. The van der Waals surface area contributed by atoms with Crippen LogP contribution in [0.25, 0.3) is 16.8 Å².